The van der Waals surface area contributed by atoms with E-state index in [9.17, 15) is 0 Å². The molecule has 18 heavy (non-hydrogen) atoms. The van der Waals surface area contributed by atoms with Crippen molar-refractivity contribution in [2.45, 2.75) is 32.6 Å². The first-order chi connectivity index (χ1) is 8.55. The summed E-state index contributed by atoms with van der Waals surface area (Å²) in [6, 6.07) is 2.15. The van der Waals surface area contributed by atoms with E-state index in [2.05, 4.69) is 39.5 Å². The second kappa shape index (κ2) is 5.14. The number of hydrogen-bond acceptors (Lipinski definition) is 3. The van der Waals surface area contributed by atoms with Crippen molar-refractivity contribution < 1.29 is 9.47 Å². The highest BCUT2D eigenvalue weighted by atomic mass is 32.1. The van der Waals surface area contributed by atoms with Crippen LogP contribution in [0.25, 0.3) is 0 Å². The molecule has 1 aromatic carbocycles. The van der Waals surface area contributed by atoms with Gasteiger partial charge in [0.05, 0.1) is 20.3 Å². The topological polar surface area (TPSA) is 18.5 Å². The fraction of sp³-hybridized carbons (Fsp3) is 0.600. The first kappa shape index (κ1) is 13.8. The third-order valence-corrected chi connectivity index (χ3v) is 4.37. The minimum atomic E-state index is 0.174. The van der Waals surface area contributed by atoms with Gasteiger partial charge in [-0.3, -0.25) is 0 Å². The van der Waals surface area contributed by atoms with Crippen molar-refractivity contribution in [2.75, 3.05) is 26.1 Å². The van der Waals surface area contributed by atoms with E-state index >= 15 is 0 Å². The molecule has 0 amide bonds. The lowest BCUT2D eigenvalue weighted by molar-refractivity contribution is -0.0620. The molecule has 0 aliphatic carbocycles. The maximum atomic E-state index is 5.49. The van der Waals surface area contributed by atoms with E-state index in [1.54, 1.807) is 7.11 Å². The van der Waals surface area contributed by atoms with Crippen molar-refractivity contribution in [1.29, 1.82) is 0 Å². The van der Waals surface area contributed by atoms with Crippen LogP contribution in [0.15, 0.2) is 6.07 Å². The highest BCUT2D eigenvalue weighted by molar-refractivity contribution is 7.80. The van der Waals surface area contributed by atoms with Crippen LogP contribution in [0.2, 0.25) is 0 Å². The Balaban J connectivity index is 2.54. The quantitative estimate of drug-likeness (QED) is 0.844. The highest BCUT2D eigenvalue weighted by Gasteiger charge is 2.42. The van der Waals surface area contributed by atoms with Gasteiger partial charge in [0.2, 0.25) is 0 Å². The third kappa shape index (κ3) is 2.04. The number of hydrogen-bond donors (Lipinski definition) is 1. The number of methoxy groups -OCH3 is 1. The van der Waals surface area contributed by atoms with Gasteiger partial charge in [-0.15, -0.1) is 0 Å². The molecule has 0 bridgehead atoms. The Morgan fingerprint density at radius 2 is 1.94 bits per heavy atom. The van der Waals surface area contributed by atoms with Crippen LogP contribution < -0.4 is 4.74 Å². The molecular weight excluding hydrogens is 244 g/mol. The van der Waals surface area contributed by atoms with E-state index in [1.165, 1.54) is 22.3 Å². The Labute approximate surface area is 115 Å². The molecule has 1 fully saturated rings. The van der Waals surface area contributed by atoms with Gasteiger partial charge < -0.3 is 9.47 Å². The number of benzene rings is 1. The van der Waals surface area contributed by atoms with Gasteiger partial charge in [-0.1, -0.05) is 0 Å². The molecule has 1 saturated heterocycles. The van der Waals surface area contributed by atoms with Gasteiger partial charge >= 0.3 is 0 Å². The number of aryl methyl sites for hydroxylation is 1. The summed E-state index contributed by atoms with van der Waals surface area (Å²) in [5, 5.41) is 0. The Kier molecular flexibility index (Phi) is 3.93. The maximum Gasteiger partial charge on any atom is 0.122 e. The van der Waals surface area contributed by atoms with Crippen LogP contribution in [0.5, 0.6) is 5.75 Å². The van der Waals surface area contributed by atoms with Crippen molar-refractivity contribution in [3.63, 3.8) is 0 Å². The Hall–Kier alpha value is -0.670. The van der Waals surface area contributed by atoms with Crippen molar-refractivity contribution in [3.8, 4) is 5.75 Å². The minimum absolute atomic E-state index is 0.174. The second-order valence-electron chi connectivity index (χ2n) is 5.27. The molecule has 3 heteroatoms. The van der Waals surface area contributed by atoms with Crippen LogP contribution in [0.1, 0.15) is 28.7 Å². The minimum Gasteiger partial charge on any atom is -0.496 e. The molecule has 1 aliphatic heterocycles. The number of rotatable bonds is 4. The molecule has 0 unspecified atom stereocenters. The molecular formula is C15H22O2S. The summed E-state index contributed by atoms with van der Waals surface area (Å²) in [6.45, 7) is 8.13. The van der Waals surface area contributed by atoms with Crippen molar-refractivity contribution >= 4 is 12.6 Å². The smallest absolute Gasteiger partial charge is 0.122 e. The lowest BCUT2D eigenvalue weighted by atomic mass is 9.72. The van der Waals surface area contributed by atoms with Gasteiger partial charge in [0.25, 0.3) is 0 Å². The first-order valence-electron chi connectivity index (χ1n) is 6.39. The Morgan fingerprint density at radius 1 is 1.28 bits per heavy atom. The molecule has 0 radical (unpaired) electrons. The largest absolute Gasteiger partial charge is 0.496 e. The molecule has 1 aromatic rings. The average Bonchev–Trinajstić information content (AvgIpc) is 2.30. The van der Waals surface area contributed by atoms with Crippen LogP contribution in [0.4, 0.5) is 0 Å². The second-order valence-corrected chi connectivity index (χ2v) is 5.71. The summed E-state index contributed by atoms with van der Waals surface area (Å²) in [5.41, 5.74) is 5.51. The number of ether oxygens (including phenoxy) is 2. The first-order valence-corrected chi connectivity index (χ1v) is 7.03. The van der Waals surface area contributed by atoms with Gasteiger partial charge in [-0.2, -0.15) is 12.6 Å². The standard InChI is InChI=1S/C15H22O2S/c1-10-7-13(16-4)11(2)12(3)14(10)15(5-6-18)8-17-9-15/h7,18H,5-6,8-9H2,1-4H3. The molecule has 2 rings (SSSR count). The zero-order valence-electron chi connectivity index (χ0n) is 11.7. The van der Waals surface area contributed by atoms with Gasteiger partial charge in [0, 0.05) is 5.41 Å². The molecule has 0 saturated carbocycles. The zero-order valence-corrected chi connectivity index (χ0v) is 12.6. The SMILES string of the molecule is COc1cc(C)c(C2(CCS)COC2)c(C)c1C. The maximum absolute atomic E-state index is 5.49. The number of thiol groups is 1. The average molecular weight is 266 g/mol. The lowest BCUT2D eigenvalue weighted by Gasteiger charge is -2.44. The van der Waals surface area contributed by atoms with Gasteiger partial charge in [-0.05, 0) is 61.3 Å². The molecule has 0 N–H and O–H groups in total. The zero-order chi connectivity index (χ0) is 13.3. The molecule has 2 nitrogen and oxygen atoms in total. The van der Waals surface area contributed by atoms with Gasteiger partial charge in [0.15, 0.2) is 0 Å². The van der Waals surface area contributed by atoms with Crippen LogP contribution >= 0.6 is 12.6 Å². The van der Waals surface area contributed by atoms with Crippen LogP contribution in [-0.4, -0.2) is 26.1 Å². The van der Waals surface area contributed by atoms with Crippen molar-refractivity contribution in [1.82, 2.24) is 0 Å². The summed E-state index contributed by atoms with van der Waals surface area (Å²) < 4.78 is 10.9. The summed E-state index contributed by atoms with van der Waals surface area (Å²) in [4.78, 5) is 0. The molecule has 0 atom stereocenters. The lowest BCUT2D eigenvalue weighted by Crippen LogP contribution is -2.48. The van der Waals surface area contributed by atoms with Crippen LogP contribution in [-0.2, 0) is 10.2 Å². The van der Waals surface area contributed by atoms with E-state index in [0.717, 1.165) is 31.1 Å². The monoisotopic (exact) mass is 266 g/mol. The Bertz CT molecular complexity index is 450. The molecule has 1 aliphatic rings. The normalized spacial score (nSPS) is 17.4. The van der Waals surface area contributed by atoms with Gasteiger partial charge in [0.1, 0.15) is 5.75 Å². The fourth-order valence-corrected chi connectivity index (χ4v) is 3.48. The van der Waals surface area contributed by atoms with E-state index < -0.39 is 0 Å². The predicted octanol–water partition coefficient (Wildman–Crippen LogP) is 3.21. The van der Waals surface area contributed by atoms with E-state index in [4.69, 9.17) is 9.47 Å². The molecule has 0 spiro atoms. The summed E-state index contributed by atoms with van der Waals surface area (Å²) >= 11 is 4.40. The predicted molar refractivity (Wildman–Crippen MR) is 78.2 cm³/mol. The van der Waals surface area contributed by atoms with Gasteiger partial charge in [-0.25, -0.2) is 0 Å². The van der Waals surface area contributed by atoms with Crippen LogP contribution in [0.3, 0.4) is 0 Å². The molecule has 100 valence electrons. The van der Waals surface area contributed by atoms with E-state index in [1.807, 2.05) is 0 Å². The van der Waals surface area contributed by atoms with Crippen LogP contribution in [0, 0.1) is 20.8 Å². The van der Waals surface area contributed by atoms with Crippen molar-refractivity contribution in [2.24, 2.45) is 0 Å². The highest BCUT2D eigenvalue weighted by Crippen LogP contribution is 2.42. The fourth-order valence-electron chi connectivity index (χ4n) is 3.05. The Morgan fingerprint density at radius 3 is 2.39 bits per heavy atom. The third-order valence-electron chi connectivity index (χ3n) is 4.15. The summed E-state index contributed by atoms with van der Waals surface area (Å²) in [6.07, 6.45) is 1.07. The van der Waals surface area contributed by atoms with E-state index in [0.29, 0.717) is 0 Å². The molecule has 1 heterocycles. The summed E-state index contributed by atoms with van der Waals surface area (Å²) in [5.74, 6) is 1.88. The summed E-state index contributed by atoms with van der Waals surface area (Å²) in [7, 11) is 1.73. The van der Waals surface area contributed by atoms with Crippen molar-refractivity contribution in [3.05, 3.63) is 28.3 Å². The molecule has 0 aromatic heterocycles. The van der Waals surface area contributed by atoms with E-state index in [-0.39, 0.29) is 5.41 Å².